The van der Waals surface area contributed by atoms with Gasteiger partial charge in [-0.2, -0.15) is 12.6 Å². The van der Waals surface area contributed by atoms with Crippen molar-refractivity contribution < 1.29 is 0 Å². The molecule has 2 atom stereocenters. The minimum Gasteiger partial charge on any atom is -0.176 e. The summed E-state index contributed by atoms with van der Waals surface area (Å²) in [6.45, 7) is 6.87. The molecule has 0 aromatic carbocycles. The van der Waals surface area contributed by atoms with E-state index in [9.17, 15) is 0 Å². The highest BCUT2D eigenvalue weighted by Crippen LogP contribution is 2.16. The van der Waals surface area contributed by atoms with Crippen molar-refractivity contribution in [2.75, 3.05) is 0 Å². The number of hydrogen-bond acceptors (Lipinski definition) is 1. The Morgan fingerprint density at radius 1 is 1.00 bits per heavy atom. The second-order valence-electron chi connectivity index (χ2n) is 4.24. The highest BCUT2D eigenvalue weighted by Gasteiger charge is 2.02. The molecule has 0 spiro atoms. The quantitative estimate of drug-likeness (QED) is 0.428. The normalized spacial score (nSPS) is 15.7. The Balaban J connectivity index is 3.15. The number of unbranched alkanes of at least 4 members (excludes halogenated alkanes) is 1. The van der Waals surface area contributed by atoms with Crippen LogP contribution in [0.5, 0.6) is 0 Å². The van der Waals surface area contributed by atoms with Crippen LogP contribution in [-0.2, 0) is 0 Å². The van der Waals surface area contributed by atoms with Gasteiger partial charge in [-0.1, -0.05) is 52.9 Å². The third-order valence-corrected chi connectivity index (χ3v) is 3.32. The molecule has 0 saturated carbocycles. The third kappa shape index (κ3) is 8.67. The van der Waals surface area contributed by atoms with Crippen LogP contribution in [0.4, 0.5) is 0 Å². The Hall–Kier alpha value is 0.350. The summed E-state index contributed by atoms with van der Waals surface area (Å²) in [6, 6.07) is 0. The number of rotatable bonds is 8. The van der Waals surface area contributed by atoms with Gasteiger partial charge in [0.15, 0.2) is 0 Å². The van der Waals surface area contributed by atoms with Crippen LogP contribution in [0, 0.1) is 5.92 Å². The molecule has 1 heteroatoms. The molecular weight excluding hydrogens is 176 g/mol. The zero-order valence-electron chi connectivity index (χ0n) is 9.55. The molecular formula is C12H26S. The molecule has 0 aromatic rings. The molecule has 0 heterocycles. The van der Waals surface area contributed by atoms with E-state index in [1.165, 1.54) is 44.9 Å². The van der Waals surface area contributed by atoms with Crippen LogP contribution in [0.15, 0.2) is 0 Å². The van der Waals surface area contributed by atoms with Gasteiger partial charge in [0.25, 0.3) is 0 Å². The van der Waals surface area contributed by atoms with E-state index in [0.717, 1.165) is 5.92 Å². The fraction of sp³-hybridized carbons (Fsp3) is 1.00. The first-order valence-corrected chi connectivity index (χ1v) is 6.40. The monoisotopic (exact) mass is 202 g/mol. The second-order valence-corrected chi connectivity index (χ2v) is 4.97. The Kier molecular flexibility index (Phi) is 9.17. The van der Waals surface area contributed by atoms with Crippen molar-refractivity contribution in [2.45, 2.75) is 71.0 Å². The standard InChI is InChI=1S/C12H26S/c1-4-8-12(13)10-7-6-9-11(3)5-2/h11-13H,4-10H2,1-3H3/t11-,12+/m0/s1. The van der Waals surface area contributed by atoms with Crippen LogP contribution in [0.3, 0.4) is 0 Å². The Morgan fingerprint density at radius 3 is 2.15 bits per heavy atom. The average molecular weight is 202 g/mol. The Bertz CT molecular complexity index is 101. The lowest BCUT2D eigenvalue weighted by Gasteiger charge is -2.10. The van der Waals surface area contributed by atoms with E-state index in [1.807, 2.05) is 0 Å². The summed E-state index contributed by atoms with van der Waals surface area (Å²) in [5, 5.41) is 0.655. The van der Waals surface area contributed by atoms with Crippen LogP contribution in [0.1, 0.15) is 65.7 Å². The summed E-state index contributed by atoms with van der Waals surface area (Å²) in [5.74, 6) is 0.921. The van der Waals surface area contributed by atoms with Gasteiger partial charge in [-0.15, -0.1) is 0 Å². The molecule has 0 aliphatic carbocycles. The molecule has 0 bridgehead atoms. The fourth-order valence-corrected chi connectivity index (χ4v) is 2.00. The molecule has 0 unspecified atom stereocenters. The van der Waals surface area contributed by atoms with E-state index < -0.39 is 0 Å². The zero-order chi connectivity index (χ0) is 10.1. The largest absolute Gasteiger partial charge is 0.176 e. The molecule has 0 nitrogen and oxygen atoms in total. The Labute approximate surface area is 89.9 Å². The van der Waals surface area contributed by atoms with Gasteiger partial charge in [0, 0.05) is 5.25 Å². The van der Waals surface area contributed by atoms with Gasteiger partial charge in [0.2, 0.25) is 0 Å². The molecule has 80 valence electrons. The van der Waals surface area contributed by atoms with Crippen molar-refractivity contribution in [1.29, 1.82) is 0 Å². The van der Waals surface area contributed by atoms with E-state index >= 15 is 0 Å². The summed E-state index contributed by atoms with van der Waals surface area (Å²) in [6.07, 6.45) is 9.38. The van der Waals surface area contributed by atoms with Crippen molar-refractivity contribution in [1.82, 2.24) is 0 Å². The van der Waals surface area contributed by atoms with Crippen molar-refractivity contribution in [3.63, 3.8) is 0 Å². The summed E-state index contributed by atoms with van der Waals surface area (Å²) < 4.78 is 0. The van der Waals surface area contributed by atoms with Gasteiger partial charge in [-0.3, -0.25) is 0 Å². The highest BCUT2D eigenvalue weighted by atomic mass is 32.1. The van der Waals surface area contributed by atoms with Crippen LogP contribution in [0.2, 0.25) is 0 Å². The predicted octanol–water partition coefficient (Wildman–Crippen LogP) is 4.69. The molecule has 0 aliphatic rings. The van der Waals surface area contributed by atoms with Gasteiger partial charge < -0.3 is 0 Å². The first-order valence-electron chi connectivity index (χ1n) is 5.88. The predicted molar refractivity (Wildman–Crippen MR) is 65.6 cm³/mol. The summed E-state index contributed by atoms with van der Waals surface area (Å²) in [5.41, 5.74) is 0. The summed E-state index contributed by atoms with van der Waals surface area (Å²) in [7, 11) is 0. The Morgan fingerprint density at radius 2 is 1.62 bits per heavy atom. The molecule has 0 amide bonds. The fourth-order valence-electron chi connectivity index (χ4n) is 1.55. The van der Waals surface area contributed by atoms with Crippen molar-refractivity contribution in [3.8, 4) is 0 Å². The van der Waals surface area contributed by atoms with E-state index in [4.69, 9.17) is 0 Å². The maximum absolute atomic E-state index is 4.56. The maximum Gasteiger partial charge on any atom is 0.00167 e. The SMILES string of the molecule is CCC[C@@H](S)CCCC[C@@H](C)CC. The lowest BCUT2D eigenvalue weighted by atomic mass is 10.00. The van der Waals surface area contributed by atoms with Crippen molar-refractivity contribution in [3.05, 3.63) is 0 Å². The van der Waals surface area contributed by atoms with Crippen LogP contribution in [-0.4, -0.2) is 5.25 Å². The van der Waals surface area contributed by atoms with Gasteiger partial charge in [0.1, 0.15) is 0 Å². The van der Waals surface area contributed by atoms with Crippen LogP contribution < -0.4 is 0 Å². The lowest BCUT2D eigenvalue weighted by molar-refractivity contribution is 0.474. The average Bonchev–Trinajstić information content (AvgIpc) is 2.12. The van der Waals surface area contributed by atoms with Gasteiger partial charge >= 0.3 is 0 Å². The molecule has 13 heavy (non-hydrogen) atoms. The van der Waals surface area contributed by atoms with Crippen LogP contribution in [0.25, 0.3) is 0 Å². The highest BCUT2D eigenvalue weighted by molar-refractivity contribution is 7.80. The molecule has 0 rings (SSSR count). The van der Waals surface area contributed by atoms with E-state index in [-0.39, 0.29) is 0 Å². The summed E-state index contributed by atoms with van der Waals surface area (Å²) in [4.78, 5) is 0. The minimum atomic E-state index is 0.655. The zero-order valence-corrected chi connectivity index (χ0v) is 10.4. The van der Waals surface area contributed by atoms with E-state index in [1.54, 1.807) is 0 Å². The lowest BCUT2D eigenvalue weighted by Crippen LogP contribution is -1.98. The molecule has 0 aliphatic heterocycles. The van der Waals surface area contributed by atoms with E-state index in [0.29, 0.717) is 5.25 Å². The second kappa shape index (κ2) is 8.93. The third-order valence-electron chi connectivity index (χ3n) is 2.80. The summed E-state index contributed by atoms with van der Waals surface area (Å²) >= 11 is 4.56. The topological polar surface area (TPSA) is 0 Å². The first-order chi connectivity index (χ1) is 6.20. The number of hydrogen-bond donors (Lipinski definition) is 1. The van der Waals surface area contributed by atoms with Gasteiger partial charge in [-0.25, -0.2) is 0 Å². The van der Waals surface area contributed by atoms with Gasteiger partial charge in [0.05, 0.1) is 0 Å². The smallest absolute Gasteiger partial charge is 0.00167 e. The molecule has 0 fully saturated rings. The minimum absolute atomic E-state index is 0.655. The molecule has 0 radical (unpaired) electrons. The van der Waals surface area contributed by atoms with Gasteiger partial charge in [-0.05, 0) is 18.8 Å². The first kappa shape index (κ1) is 13.4. The molecule has 0 aromatic heterocycles. The molecule has 0 N–H and O–H groups in total. The number of thiol groups is 1. The maximum atomic E-state index is 4.56. The van der Waals surface area contributed by atoms with Crippen molar-refractivity contribution >= 4 is 12.6 Å². The molecule has 0 saturated heterocycles. The van der Waals surface area contributed by atoms with E-state index in [2.05, 4.69) is 33.4 Å². The van der Waals surface area contributed by atoms with Crippen molar-refractivity contribution in [2.24, 2.45) is 5.92 Å². The van der Waals surface area contributed by atoms with Crippen LogP contribution >= 0.6 is 12.6 Å².